The number of hydrogen-bond acceptors (Lipinski definition) is 9. The molecule has 0 radical (unpaired) electrons. The number of likely N-dealkylation sites (N-methyl/N-ethyl adjacent to an activating group) is 1. The number of barbiturate groups is 1. The van der Waals surface area contributed by atoms with Crippen molar-refractivity contribution in [3.8, 4) is 0 Å². The normalized spacial score (nSPS) is 17.0. The van der Waals surface area contributed by atoms with Crippen molar-refractivity contribution in [2.45, 2.75) is 32.7 Å². The SMILES string of the molecule is CCCN1CCCc2cc(N=Nc3nc4sc(/C=C5\C(=O)N(C)C(=O)N(Cc6ccccc6)C5=O)cc4s3)ccc21. The number of thiophene rings is 1. The fraction of sp³-hybridized carbons (Fsp3) is 0.267. The van der Waals surface area contributed by atoms with Gasteiger partial charge in [-0.2, -0.15) is 0 Å². The molecule has 4 aromatic rings. The van der Waals surface area contributed by atoms with Gasteiger partial charge in [0.25, 0.3) is 11.8 Å². The summed E-state index contributed by atoms with van der Waals surface area (Å²) in [5.74, 6) is -1.23. The van der Waals surface area contributed by atoms with E-state index in [1.54, 1.807) is 6.08 Å². The van der Waals surface area contributed by atoms with E-state index in [1.165, 1.54) is 41.0 Å². The van der Waals surface area contributed by atoms with Gasteiger partial charge in [-0.1, -0.05) is 48.6 Å². The molecule has 1 fully saturated rings. The molecule has 11 heteroatoms. The number of azo groups is 1. The lowest BCUT2D eigenvalue weighted by molar-refractivity contribution is -0.135. The van der Waals surface area contributed by atoms with Crippen LogP contribution in [0, 0.1) is 0 Å². The Morgan fingerprint density at radius 2 is 1.83 bits per heavy atom. The molecule has 0 N–H and O–H groups in total. The number of rotatable bonds is 7. The number of aromatic nitrogens is 1. The van der Waals surface area contributed by atoms with Crippen molar-refractivity contribution < 1.29 is 14.4 Å². The summed E-state index contributed by atoms with van der Waals surface area (Å²) in [5.41, 5.74) is 4.15. The zero-order valence-corrected chi connectivity index (χ0v) is 24.4. The average Bonchev–Trinajstić information content (AvgIpc) is 3.54. The van der Waals surface area contributed by atoms with Crippen LogP contribution in [0.3, 0.4) is 0 Å². The average molecular weight is 585 g/mol. The Balaban J connectivity index is 1.20. The molecule has 0 saturated carbocycles. The fourth-order valence-electron chi connectivity index (χ4n) is 5.13. The van der Waals surface area contributed by atoms with Gasteiger partial charge in [0, 0.05) is 30.7 Å². The first-order valence-corrected chi connectivity index (χ1v) is 15.1. The maximum Gasteiger partial charge on any atom is 0.333 e. The molecule has 0 spiro atoms. The highest BCUT2D eigenvalue weighted by atomic mass is 32.1. The van der Waals surface area contributed by atoms with Gasteiger partial charge in [-0.15, -0.1) is 21.6 Å². The number of thiazole rings is 1. The summed E-state index contributed by atoms with van der Waals surface area (Å²) >= 11 is 2.75. The highest BCUT2D eigenvalue weighted by Gasteiger charge is 2.40. The molecule has 9 nitrogen and oxygen atoms in total. The van der Waals surface area contributed by atoms with E-state index < -0.39 is 17.8 Å². The smallest absolute Gasteiger partial charge is 0.333 e. The van der Waals surface area contributed by atoms with Gasteiger partial charge in [0.15, 0.2) is 0 Å². The molecule has 0 aliphatic carbocycles. The minimum atomic E-state index is -0.637. The number of urea groups is 1. The van der Waals surface area contributed by atoms with Gasteiger partial charge in [0.05, 0.1) is 16.9 Å². The Kier molecular flexibility index (Phi) is 7.46. The number of hydrogen-bond donors (Lipinski definition) is 0. The number of imide groups is 2. The van der Waals surface area contributed by atoms with E-state index in [0.29, 0.717) is 10.0 Å². The molecule has 2 aromatic carbocycles. The first-order valence-electron chi connectivity index (χ1n) is 13.5. The van der Waals surface area contributed by atoms with Crippen LogP contribution in [0.15, 0.2) is 70.4 Å². The van der Waals surface area contributed by atoms with Crippen LogP contribution in [-0.4, -0.2) is 52.8 Å². The van der Waals surface area contributed by atoms with Crippen LogP contribution in [0.2, 0.25) is 0 Å². The van der Waals surface area contributed by atoms with Crippen molar-refractivity contribution in [3.63, 3.8) is 0 Å². The Hall–Kier alpha value is -4.22. The summed E-state index contributed by atoms with van der Waals surface area (Å²) in [5, 5.41) is 9.36. The number of anilines is 1. The molecule has 2 aliphatic heterocycles. The van der Waals surface area contributed by atoms with E-state index in [4.69, 9.17) is 0 Å². The van der Waals surface area contributed by atoms with E-state index in [2.05, 4.69) is 39.2 Å². The first-order chi connectivity index (χ1) is 19.9. The number of nitrogens with zero attached hydrogens (tertiary/aromatic N) is 6. The van der Waals surface area contributed by atoms with Crippen molar-refractivity contribution in [3.05, 3.63) is 76.2 Å². The van der Waals surface area contributed by atoms with E-state index >= 15 is 0 Å². The molecule has 4 heterocycles. The zero-order valence-electron chi connectivity index (χ0n) is 22.7. The molecule has 2 aliphatic rings. The molecule has 0 atom stereocenters. The van der Waals surface area contributed by atoms with Gasteiger partial charge < -0.3 is 4.90 Å². The lowest BCUT2D eigenvalue weighted by Crippen LogP contribution is -2.54. The molecule has 6 rings (SSSR count). The Bertz CT molecular complexity index is 1680. The number of carbonyl (C=O) groups is 3. The summed E-state index contributed by atoms with van der Waals surface area (Å²) in [6.45, 7) is 4.45. The minimum Gasteiger partial charge on any atom is -0.371 e. The van der Waals surface area contributed by atoms with Crippen molar-refractivity contribution >= 4 is 72.6 Å². The third kappa shape index (κ3) is 5.42. The summed E-state index contributed by atoms with van der Waals surface area (Å²) < 4.78 is 0.887. The predicted octanol–water partition coefficient (Wildman–Crippen LogP) is 6.94. The van der Waals surface area contributed by atoms with Gasteiger partial charge in [0.1, 0.15) is 10.4 Å². The highest BCUT2D eigenvalue weighted by molar-refractivity contribution is 7.29. The van der Waals surface area contributed by atoms with Crippen molar-refractivity contribution in [2.24, 2.45) is 10.2 Å². The van der Waals surface area contributed by atoms with Crippen molar-refractivity contribution in [1.29, 1.82) is 0 Å². The summed E-state index contributed by atoms with van der Waals surface area (Å²) in [6.07, 6.45) is 4.85. The largest absolute Gasteiger partial charge is 0.371 e. The van der Waals surface area contributed by atoms with Crippen molar-refractivity contribution in [1.82, 2.24) is 14.8 Å². The Morgan fingerprint density at radius 3 is 2.61 bits per heavy atom. The van der Waals surface area contributed by atoms with Crippen molar-refractivity contribution in [2.75, 3.05) is 25.0 Å². The number of fused-ring (bicyclic) bond motifs is 2. The number of carbonyl (C=O) groups excluding carboxylic acids is 3. The second kappa shape index (κ2) is 11.3. The highest BCUT2D eigenvalue weighted by Crippen LogP contribution is 2.37. The monoisotopic (exact) mass is 584 g/mol. The molecule has 1 saturated heterocycles. The van der Waals surface area contributed by atoms with Crippen LogP contribution in [0.5, 0.6) is 0 Å². The summed E-state index contributed by atoms with van der Waals surface area (Å²) in [4.78, 5) is 49.4. The molecule has 0 unspecified atom stereocenters. The fourth-order valence-corrected chi connectivity index (χ4v) is 7.11. The lowest BCUT2D eigenvalue weighted by Gasteiger charge is -2.31. The van der Waals surface area contributed by atoms with Gasteiger partial charge in [-0.05, 0) is 60.7 Å². The third-order valence-electron chi connectivity index (χ3n) is 7.12. The van der Waals surface area contributed by atoms with Gasteiger partial charge in [-0.25, -0.2) is 9.78 Å². The summed E-state index contributed by atoms with van der Waals surface area (Å²) in [7, 11) is 1.39. The molecule has 0 bridgehead atoms. The second-order valence-corrected chi connectivity index (χ2v) is 12.1. The Morgan fingerprint density at radius 1 is 1.00 bits per heavy atom. The van der Waals surface area contributed by atoms with Crippen LogP contribution < -0.4 is 4.90 Å². The third-order valence-corrected chi connectivity index (χ3v) is 9.11. The lowest BCUT2D eigenvalue weighted by atomic mass is 10.0. The zero-order chi connectivity index (χ0) is 28.5. The minimum absolute atomic E-state index is 0.0539. The molecular formula is C30H28N6O3S2. The number of aryl methyl sites for hydroxylation is 1. The van der Waals surface area contributed by atoms with E-state index in [9.17, 15) is 14.4 Å². The topological polar surface area (TPSA) is 98.5 Å². The molecule has 4 amide bonds. The van der Waals surface area contributed by atoms with E-state index in [0.717, 1.165) is 62.9 Å². The van der Waals surface area contributed by atoms with Crippen LogP contribution in [-0.2, 0) is 22.6 Å². The van der Waals surface area contributed by atoms with Crippen LogP contribution >= 0.6 is 22.7 Å². The molecule has 41 heavy (non-hydrogen) atoms. The van der Waals surface area contributed by atoms with Gasteiger partial charge in [-0.3, -0.25) is 19.4 Å². The maximum atomic E-state index is 13.2. The standard InChI is InChI=1S/C30H28N6O3S2/c1-3-13-35-14-7-10-20-15-21(11-12-24(20)35)32-33-29-31-26-25(41-29)17-22(40-26)16-23-27(37)34(2)30(39)36(28(23)38)18-19-8-5-4-6-9-19/h4-6,8-9,11-12,15-17H,3,7,10,13-14,18H2,1-2H3/b23-16+,33-32?. The van der Waals surface area contributed by atoms with E-state index in [-0.39, 0.29) is 12.1 Å². The van der Waals surface area contributed by atoms with Gasteiger partial charge >= 0.3 is 6.03 Å². The van der Waals surface area contributed by atoms with E-state index in [1.807, 2.05) is 42.5 Å². The van der Waals surface area contributed by atoms with Gasteiger partial charge in [0.2, 0.25) is 5.13 Å². The molecule has 2 aromatic heterocycles. The predicted molar refractivity (Wildman–Crippen MR) is 162 cm³/mol. The molecule has 208 valence electrons. The quantitative estimate of drug-likeness (QED) is 0.133. The number of amides is 4. The second-order valence-electron chi connectivity index (χ2n) is 10.00. The molecular weight excluding hydrogens is 557 g/mol. The van der Waals surface area contributed by atoms with Crippen LogP contribution in [0.4, 0.5) is 21.3 Å². The van der Waals surface area contributed by atoms with Crippen LogP contribution in [0.1, 0.15) is 35.8 Å². The first kappa shape index (κ1) is 27.0. The maximum absolute atomic E-state index is 13.2. The Labute approximate surface area is 245 Å². The summed E-state index contributed by atoms with van der Waals surface area (Å²) in [6, 6.07) is 16.7. The van der Waals surface area contributed by atoms with Crippen LogP contribution in [0.25, 0.3) is 15.6 Å². The number of benzene rings is 2.